The minimum Gasteiger partial charge on any atom is -0.493 e. The van der Waals surface area contributed by atoms with E-state index in [-0.39, 0.29) is 22.4 Å². The Bertz CT molecular complexity index is 447. The van der Waals surface area contributed by atoms with Crippen LogP contribution in [0.15, 0.2) is 12.1 Å². The summed E-state index contributed by atoms with van der Waals surface area (Å²) in [7, 11) is 3.03. The highest BCUT2D eigenvalue weighted by molar-refractivity contribution is 6.31. The number of ether oxygens (including phenoxy) is 3. The number of halogens is 1. The number of benzene rings is 1. The first-order valence-corrected chi connectivity index (χ1v) is 6.13. The molecule has 1 rings (SSSR count). The molecule has 0 saturated carbocycles. The van der Waals surface area contributed by atoms with Crippen LogP contribution in [-0.4, -0.2) is 38.0 Å². The van der Waals surface area contributed by atoms with Crippen molar-refractivity contribution < 1.29 is 24.1 Å². The van der Waals surface area contributed by atoms with Gasteiger partial charge in [0.25, 0.3) is 0 Å². The van der Waals surface area contributed by atoms with Crippen LogP contribution in [0.5, 0.6) is 11.5 Å². The van der Waals surface area contributed by atoms with Crippen LogP contribution >= 0.6 is 11.6 Å². The minimum absolute atomic E-state index is 0.0198. The molecular weight excluding hydrogens is 272 g/mol. The number of carboxylic acid groups (broad SMARTS) is 1. The Morgan fingerprint density at radius 3 is 2.63 bits per heavy atom. The summed E-state index contributed by atoms with van der Waals surface area (Å²) in [6.07, 6.45) is 0.439. The highest BCUT2D eigenvalue weighted by atomic mass is 35.5. The molecular formula is C13H17ClO5. The Morgan fingerprint density at radius 2 is 2.11 bits per heavy atom. The summed E-state index contributed by atoms with van der Waals surface area (Å²) in [5.74, 6) is -0.632. The molecule has 0 aliphatic carbocycles. The maximum atomic E-state index is 11.2. The van der Waals surface area contributed by atoms with Crippen LogP contribution in [-0.2, 0) is 4.74 Å². The third-order valence-electron chi connectivity index (χ3n) is 2.52. The quantitative estimate of drug-likeness (QED) is 0.836. The van der Waals surface area contributed by atoms with Crippen molar-refractivity contribution in [2.24, 2.45) is 0 Å². The summed E-state index contributed by atoms with van der Waals surface area (Å²) in [6, 6.07) is 2.86. The van der Waals surface area contributed by atoms with E-state index in [1.807, 2.05) is 6.92 Å². The monoisotopic (exact) mass is 288 g/mol. The van der Waals surface area contributed by atoms with Gasteiger partial charge in [-0.3, -0.25) is 0 Å². The first-order chi connectivity index (χ1) is 8.99. The van der Waals surface area contributed by atoms with Gasteiger partial charge in [0, 0.05) is 31.2 Å². The maximum absolute atomic E-state index is 11.2. The van der Waals surface area contributed by atoms with E-state index in [1.165, 1.54) is 19.2 Å². The topological polar surface area (TPSA) is 65.0 Å². The number of aromatic carboxylic acids is 1. The molecule has 1 aromatic carbocycles. The molecule has 0 bridgehead atoms. The second kappa shape index (κ2) is 7.21. The smallest absolute Gasteiger partial charge is 0.339 e. The van der Waals surface area contributed by atoms with Crippen LogP contribution in [0.2, 0.25) is 5.02 Å². The predicted molar refractivity (Wildman–Crippen MR) is 71.5 cm³/mol. The molecule has 0 aromatic heterocycles. The SMILES string of the molecule is COCCC(C)Oc1c(OC)cc(Cl)cc1C(=O)O. The fourth-order valence-corrected chi connectivity index (χ4v) is 1.75. The van der Waals surface area contributed by atoms with Crippen molar-refractivity contribution in [2.45, 2.75) is 19.4 Å². The zero-order valence-corrected chi connectivity index (χ0v) is 11.9. The van der Waals surface area contributed by atoms with Gasteiger partial charge in [-0.05, 0) is 13.0 Å². The van der Waals surface area contributed by atoms with E-state index in [9.17, 15) is 9.90 Å². The lowest BCUT2D eigenvalue weighted by Gasteiger charge is -2.18. The van der Waals surface area contributed by atoms with Crippen LogP contribution in [0.4, 0.5) is 0 Å². The van der Waals surface area contributed by atoms with E-state index in [1.54, 1.807) is 7.11 Å². The molecule has 0 saturated heterocycles. The second-order valence-corrected chi connectivity index (χ2v) is 4.44. The molecule has 106 valence electrons. The fraction of sp³-hybridized carbons (Fsp3) is 0.462. The Balaban J connectivity index is 3.05. The van der Waals surface area contributed by atoms with Gasteiger partial charge in [0.2, 0.25) is 0 Å². The summed E-state index contributed by atoms with van der Waals surface area (Å²) in [5.41, 5.74) is -0.0198. The van der Waals surface area contributed by atoms with Gasteiger partial charge in [0.1, 0.15) is 5.56 Å². The fourth-order valence-electron chi connectivity index (χ4n) is 1.54. The molecule has 1 aromatic rings. The Hall–Kier alpha value is -1.46. The molecule has 5 nitrogen and oxygen atoms in total. The van der Waals surface area contributed by atoms with Crippen molar-refractivity contribution in [2.75, 3.05) is 20.8 Å². The third-order valence-corrected chi connectivity index (χ3v) is 2.74. The standard InChI is InChI=1S/C13H17ClO5/c1-8(4-5-17-2)19-12-10(13(15)16)6-9(14)7-11(12)18-3/h6-8H,4-5H2,1-3H3,(H,15,16). The normalized spacial score (nSPS) is 12.0. The van der Waals surface area contributed by atoms with E-state index >= 15 is 0 Å². The molecule has 0 fully saturated rings. The van der Waals surface area contributed by atoms with E-state index in [4.69, 9.17) is 25.8 Å². The van der Waals surface area contributed by atoms with E-state index in [0.29, 0.717) is 18.8 Å². The molecule has 19 heavy (non-hydrogen) atoms. The number of rotatable bonds is 7. The molecule has 0 aliphatic heterocycles. The third kappa shape index (κ3) is 4.29. The van der Waals surface area contributed by atoms with Gasteiger partial charge in [-0.15, -0.1) is 0 Å². The van der Waals surface area contributed by atoms with Crippen molar-refractivity contribution in [3.8, 4) is 11.5 Å². The molecule has 0 radical (unpaired) electrons. The zero-order chi connectivity index (χ0) is 14.4. The summed E-state index contributed by atoms with van der Waals surface area (Å²) in [6.45, 7) is 2.36. The molecule has 1 atom stereocenters. The van der Waals surface area contributed by atoms with Crippen LogP contribution in [0.25, 0.3) is 0 Å². The first-order valence-electron chi connectivity index (χ1n) is 5.76. The van der Waals surface area contributed by atoms with Crippen LogP contribution in [0, 0.1) is 0 Å². The number of hydrogen-bond donors (Lipinski definition) is 1. The van der Waals surface area contributed by atoms with Crippen LogP contribution in [0.1, 0.15) is 23.7 Å². The number of hydrogen-bond acceptors (Lipinski definition) is 4. The molecule has 1 unspecified atom stereocenters. The molecule has 0 heterocycles. The average Bonchev–Trinajstić information content (AvgIpc) is 2.37. The summed E-state index contributed by atoms with van der Waals surface area (Å²) < 4.78 is 15.7. The Kier molecular flexibility index (Phi) is 5.92. The highest BCUT2D eigenvalue weighted by Crippen LogP contribution is 2.35. The van der Waals surface area contributed by atoms with Crippen molar-refractivity contribution >= 4 is 17.6 Å². The van der Waals surface area contributed by atoms with E-state index < -0.39 is 5.97 Å². The molecule has 1 N–H and O–H groups in total. The zero-order valence-electron chi connectivity index (χ0n) is 11.1. The first kappa shape index (κ1) is 15.6. The van der Waals surface area contributed by atoms with Gasteiger partial charge < -0.3 is 19.3 Å². The number of carbonyl (C=O) groups is 1. The van der Waals surface area contributed by atoms with Crippen LogP contribution < -0.4 is 9.47 Å². The van der Waals surface area contributed by atoms with Gasteiger partial charge in [-0.25, -0.2) is 4.79 Å². The summed E-state index contributed by atoms with van der Waals surface area (Å²) in [4.78, 5) is 11.2. The highest BCUT2D eigenvalue weighted by Gasteiger charge is 2.20. The van der Waals surface area contributed by atoms with Gasteiger partial charge in [-0.2, -0.15) is 0 Å². The number of carboxylic acids is 1. The largest absolute Gasteiger partial charge is 0.493 e. The number of methoxy groups -OCH3 is 2. The van der Waals surface area contributed by atoms with Crippen molar-refractivity contribution in [3.63, 3.8) is 0 Å². The van der Waals surface area contributed by atoms with E-state index in [2.05, 4.69) is 0 Å². The molecule has 6 heteroatoms. The molecule has 0 amide bonds. The van der Waals surface area contributed by atoms with Gasteiger partial charge in [-0.1, -0.05) is 11.6 Å². The predicted octanol–water partition coefficient (Wildman–Crippen LogP) is 2.85. The summed E-state index contributed by atoms with van der Waals surface area (Å²) in [5, 5.41) is 9.46. The Labute approximate surface area is 117 Å². The summed E-state index contributed by atoms with van der Waals surface area (Å²) >= 11 is 5.85. The average molecular weight is 289 g/mol. The van der Waals surface area contributed by atoms with Gasteiger partial charge in [0.15, 0.2) is 11.5 Å². The van der Waals surface area contributed by atoms with Crippen molar-refractivity contribution in [3.05, 3.63) is 22.7 Å². The van der Waals surface area contributed by atoms with Gasteiger partial charge in [0.05, 0.1) is 13.2 Å². The lowest BCUT2D eigenvalue weighted by atomic mass is 10.1. The maximum Gasteiger partial charge on any atom is 0.339 e. The minimum atomic E-state index is -1.12. The van der Waals surface area contributed by atoms with Crippen LogP contribution in [0.3, 0.4) is 0 Å². The second-order valence-electron chi connectivity index (χ2n) is 4.00. The molecule has 0 aliphatic rings. The molecule has 0 spiro atoms. The lowest BCUT2D eigenvalue weighted by Crippen LogP contribution is -2.16. The van der Waals surface area contributed by atoms with E-state index in [0.717, 1.165) is 0 Å². The lowest BCUT2D eigenvalue weighted by molar-refractivity contribution is 0.0686. The van der Waals surface area contributed by atoms with Crippen molar-refractivity contribution in [1.29, 1.82) is 0 Å². The van der Waals surface area contributed by atoms with Crippen molar-refractivity contribution in [1.82, 2.24) is 0 Å². The van der Waals surface area contributed by atoms with Gasteiger partial charge >= 0.3 is 5.97 Å². The Morgan fingerprint density at radius 1 is 1.42 bits per heavy atom.